The summed E-state index contributed by atoms with van der Waals surface area (Å²) in [7, 11) is 0. The molecule has 0 amide bonds. The molecule has 0 bridgehead atoms. The zero-order valence-corrected chi connectivity index (χ0v) is 15.5. The van der Waals surface area contributed by atoms with Crippen LogP contribution in [0.4, 0.5) is 0 Å². The van der Waals surface area contributed by atoms with Gasteiger partial charge in [-0.05, 0) is 5.39 Å². The summed E-state index contributed by atoms with van der Waals surface area (Å²) in [5.41, 5.74) is 6.75. The molecule has 6 heteroatoms. The topological polar surface area (TPSA) is 98.1 Å². The molecule has 0 unspecified atom stereocenters. The van der Waals surface area contributed by atoms with E-state index in [1.165, 1.54) is 0 Å². The molecule has 1 heterocycles. The van der Waals surface area contributed by atoms with E-state index in [2.05, 4.69) is 22.1 Å². The Morgan fingerprint density at radius 2 is 1.03 bits per heavy atom. The summed E-state index contributed by atoms with van der Waals surface area (Å²) in [6.45, 7) is 0. The first-order chi connectivity index (χ1) is 14.8. The highest BCUT2D eigenvalue weighted by molar-refractivity contribution is 6.31. The molecule has 0 radical (unpaired) electrons. The van der Waals surface area contributed by atoms with Gasteiger partial charge in [-0.2, -0.15) is 20.5 Å². The van der Waals surface area contributed by atoms with Crippen LogP contribution in [0.2, 0.25) is 0 Å². The third-order valence-electron chi connectivity index (χ3n) is 5.52. The standard InChI is InChI=1S/C24H10N6/c25-11-27-19-14-7-1-2-8-15(14)20(28-12-26)24-23(19)29-21-16-9-3-5-13-6-4-10-17(18(13)16)22(21)30-24/h1-10H. The van der Waals surface area contributed by atoms with Crippen molar-refractivity contribution in [1.82, 2.24) is 9.97 Å². The zero-order chi connectivity index (χ0) is 20.2. The Bertz CT molecular complexity index is 1450. The van der Waals surface area contributed by atoms with Crippen molar-refractivity contribution in [2.45, 2.75) is 0 Å². The Kier molecular flexibility index (Phi) is 3.21. The van der Waals surface area contributed by atoms with Crippen LogP contribution in [0.25, 0.3) is 33.3 Å². The van der Waals surface area contributed by atoms with E-state index in [9.17, 15) is 10.5 Å². The van der Waals surface area contributed by atoms with E-state index in [-0.39, 0.29) is 0 Å². The van der Waals surface area contributed by atoms with Gasteiger partial charge in [0.2, 0.25) is 12.4 Å². The highest BCUT2D eigenvalue weighted by atomic mass is 14.9. The van der Waals surface area contributed by atoms with Crippen LogP contribution in [-0.2, 0) is 0 Å². The number of nitrogens with zero attached hydrogens (tertiary/aromatic N) is 6. The fourth-order valence-electron chi connectivity index (χ4n) is 4.35. The SMILES string of the molecule is N#CN=C1c2ccccc2C(=NC#N)c2nc3c(nc21)-c1cccc2cccc-3c12. The van der Waals surface area contributed by atoms with Gasteiger partial charge in [-0.15, -0.1) is 0 Å². The molecule has 30 heavy (non-hydrogen) atoms. The normalized spacial score (nSPS) is 15.4. The number of fused-ring (bicyclic) bond motifs is 5. The molecule has 2 aliphatic carbocycles. The van der Waals surface area contributed by atoms with E-state index in [1.54, 1.807) is 0 Å². The molecule has 0 atom stereocenters. The van der Waals surface area contributed by atoms with Crippen LogP contribution in [0.1, 0.15) is 22.5 Å². The lowest BCUT2D eigenvalue weighted by Gasteiger charge is -2.21. The molecule has 136 valence electrons. The van der Waals surface area contributed by atoms with Crippen molar-refractivity contribution in [3.63, 3.8) is 0 Å². The molecule has 0 spiro atoms. The van der Waals surface area contributed by atoms with Gasteiger partial charge in [0.05, 0.1) is 11.4 Å². The van der Waals surface area contributed by atoms with Gasteiger partial charge in [-0.1, -0.05) is 60.7 Å². The van der Waals surface area contributed by atoms with Crippen molar-refractivity contribution < 1.29 is 0 Å². The second-order valence-corrected chi connectivity index (χ2v) is 6.99. The van der Waals surface area contributed by atoms with Gasteiger partial charge in [0.1, 0.15) is 22.8 Å². The van der Waals surface area contributed by atoms with Crippen LogP contribution < -0.4 is 0 Å². The van der Waals surface area contributed by atoms with E-state index in [4.69, 9.17) is 9.97 Å². The minimum Gasteiger partial charge on any atom is -0.241 e. The van der Waals surface area contributed by atoms with Gasteiger partial charge in [-0.25, -0.2) is 9.97 Å². The highest BCUT2D eigenvalue weighted by Crippen LogP contribution is 2.46. The van der Waals surface area contributed by atoms with E-state index >= 15 is 0 Å². The van der Waals surface area contributed by atoms with Gasteiger partial charge in [0, 0.05) is 27.6 Å². The quantitative estimate of drug-likeness (QED) is 0.367. The summed E-state index contributed by atoms with van der Waals surface area (Å²) < 4.78 is 0. The number of aromatic nitrogens is 2. The lowest BCUT2D eigenvalue weighted by Crippen LogP contribution is -2.25. The van der Waals surface area contributed by atoms with Crippen molar-refractivity contribution in [1.29, 1.82) is 10.5 Å². The van der Waals surface area contributed by atoms with Gasteiger partial charge in [0.15, 0.2) is 0 Å². The van der Waals surface area contributed by atoms with Crippen molar-refractivity contribution in [3.05, 3.63) is 83.2 Å². The lowest BCUT2D eigenvalue weighted by atomic mass is 9.88. The fraction of sp³-hybridized carbons (Fsp3) is 0. The molecule has 0 aliphatic heterocycles. The second kappa shape index (κ2) is 5.91. The van der Waals surface area contributed by atoms with E-state index in [0.717, 1.165) is 33.3 Å². The lowest BCUT2D eigenvalue weighted by molar-refractivity contribution is 1.16. The molecular weight excluding hydrogens is 372 g/mol. The predicted molar refractivity (Wildman–Crippen MR) is 113 cm³/mol. The molecule has 1 aromatic heterocycles. The first-order valence-electron chi connectivity index (χ1n) is 9.30. The number of nitriles is 2. The highest BCUT2D eigenvalue weighted by Gasteiger charge is 2.34. The molecule has 0 fully saturated rings. The monoisotopic (exact) mass is 382 g/mol. The maximum Gasteiger partial charge on any atom is 0.206 e. The number of rotatable bonds is 0. The largest absolute Gasteiger partial charge is 0.241 e. The van der Waals surface area contributed by atoms with Crippen LogP contribution in [0.5, 0.6) is 0 Å². The minimum absolute atomic E-state index is 0.443. The summed E-state index contributed by atoms with van der Waals surface area (Å²) in [6, 6.07) is 19.6. The summed E-state index contributed by atoms with van der Waals surface area (Å²) >= 11 is 0. The Balaban J connectivity index is 1.75. The first-order valence-corrected chi connectivity index (χ1v) is 9.30. The molecule has 4 aromatic rings. The van der Waals surface area contributed by atoms with Gasteiger partial charge < -0.3 is 0 Å². The van der Waals surface area contributed by atoms with Crippen molar-refractivity contribution >= 4 is 22.2 Å². The van der Waals surface area contributed by atoms with E-state index < -0.39 is 0 Å². The molecular formula is C24H10N6. The molecule has 3 aromatic carbocycles. The number of benzene rings is 3. The molecule has 0 saturated carbocycles. The maximum atomic E-state index is 9.33. The first kappa shape index (κ1) is 16.3. The second-order valence-electron chi connectivity index (χ2n) is 6.99. The van der Waals surface area contributed by atoms with Crippen LogP contribution in [0.3, 0.4) is 0 Å². The molecule has 0 saturated heterocycles. The summed E-state index contributed by atoms with van der Waals surface area (Å²) in [6.07, 6.45) is 3.77. The maximum absolute atomic E-state index is 9.33. The van der Waals surface area contributed by atoms with E-state index in [0.29, 0.717) is 33.9 Å². The summed E-state index contributed by atoms with van der Waals surface area (Å²) in [5.74, 6) is 0. The Morgan fingerprint density at radius 3 is 1.50 bits per heavy atom. The van der Waals surface area contributed by atoms with Gasteiger partial charge in [0.25, 0.3) is 0 Å². The van der Waals surface area contributed by atoms with Crippen LogP contribution in [0.15, 0.2) is 70.6 Å². The number of hydrogen-bond donors (Lipinski definition) is 0. The third-order valence-corrected chi connectivity index (χ3v) is 5.52. The van der Waals surface area contributed by atoms with Gasteiger partial charge >= 0.3 is 0 Å². The van der Waals surface area contributed by atoms with Crippen LogP contribution in [0, 0.1) is 22.9 Å². The van der Waals surface area contributed by atoms with Crippen molar-refractivity contribution in [3.8, 4) is 34.9 Å². The Hall–Kier alpha value is -4.68. The summed E-state index contributed by atoms with van der Waals surface area (Å²) in [4.78, 5) is 18.0. The zero-order valence-electron chi connectivity index (χ0n) is 15.5. The third kappa shape index (κ3) is 1.99. The van der Waals surface area contributed by atoms with Crippen molar-refractivity contribution in [2.75, 3.05) is 0 Å². The van der Waals surface area contributed by atoms with Crippen molar-refractivity contribution in [2.24, 2.45) is 9.98 Å². The van der Waals surface area contributed by atoms with E-state index in [1.807, 2.05) is 60.9 Å². The van der Waals surface area contributed by atoms with Crippen LogP contribution >= 0.6 is 0 Å². The molecule has 0 N–H and O–H groups in total. The van der Waals surface area contributed by atoms with Gasteiger partial charge in [-0.3, -0.25) is 0 Å². The smallest absolute Gasteiger partial charge is 0.206 e. The minimum atomic E-state index is 0.443. The number of aliphatic imine (C=N–C) groups is 2. The fourth-order valence-corrected chi connectivity index (χ4v) is 4.35. The average Bonchev–Trinajstić information content (AvgIpc) is 3.10. The predicted octanol–water partition coefficient (Wildman–Crippen LogP) is 4.23. The molecule has 6 rings (SSSR count). The molecule has 2 aliphatic rings. The van der Waals surface area contributed by atoms with Crippen LogP contribution in [-0.4, -0.2) is 21.4 Å². The Morgan fingerprint density at radius 1 is 0.567 bits per heavy atom. The Labute approximate surface area is 171 Å². The average molecular weight is 382 g/mol. The number of hydrogen-bond acceptors (Lipinski definition) is 6. The molecule has 6 nitrogen and oxygen atoms in total. The summed E-state index contributed by atoms with van der Waals surface area (Å²) in [5, 5.41) is 20.9.